The zero-order valence-corrected chi connectivity index (χ0v) is 19.2. The van der Waals surface area contributed by atoms with Gasteiger partial charge in [-0.05, 0) is 38.1 Å². The number of aromatic nitrogens is 1. The largest absolute Gasteiger partial charge is 0.461 e. The minimum atomic E-state index is -0.334. The molecule has 0 unspecified atom stereocenters. The smallest absolute Gasteiger partial charge is 0.338 e. The van der Waals surface area contributed by atoms with Gasteiger partial charge < -0.3 is 4.74 Å². The Bertz CT molecular complexity index is 1080. The van der Waals surface area contributed by atoms with Crippen LogP contribution in [-0.2, 0) is 4.74 Å². The van der Waals surface area contributed by atoms with Crippen molar-refractivity contribution in [1.29, 1.82) is 0 Å². The Morgan fingerprint density at radius 3 is 2.78 bits per heavy atom. The van der Waals surface area contributed by atoms with E-state index in [4.69, 9.17) is 16.3 Å². The predicted molar refractivity (Wildman–Crippen MR) is 131 cm³/mol. The van der Waals surface area contributed by atoms with Gasteiger partial charge in [-0.25, -0.2) is 9.78 Å². The van der Waals surface area contributed by atoms with Crippen molar-refractivity contribution < 1.29 is 9.53 Å². The molecule has 0 spiro atoms. The molecule has 32 heavy (non-hydrogen) atoms. The highest BCUT2D eigenvalue weighted by Gasteiger charge is 2.14. The SMILES string of the molecule is O=C(OCCN1CCCCC1)c1ccccc1/C=N/Nc1nc(-c2ccccc2Cl)cs1. The van der Waals surface area contributed by atoms with E-state index in [1.807, 2.05) is 47.8 Å². The number of nitrogens with one attached hydrogen (secondary N) is 1. The van der Waals surface area contributed by atoms with Gasteiger partial charge in [0.1, 0.15) is 6.61 Å². The summed E-state index contributed by atoms with van der Waals surface area (Å²) in [6.45, 7) is 3.34. The third kappa shape index (κ3) is 5.94. The van der Waals surface area contributed by atoms with Crippen molar-refractivity contribution in [2.75, 3.05) is 31.7 Å². The molecule has 2 aromatic carbocycles. The molecule has 1 aromatic heterocycles. The fourth-order valence-electron chi connectivity index (χ4n) is 3.60. The molecule has 4 rings (SSSR count). The molecule has 0 aliphatic carbocycles. The maximum Gasteiger partial charge on any atom is 0.338 e. The molecule has 3 aromatic rings. The Morgan fingerprint density at radius 2 is 1.94 bits per heavy atom. The van der Waals surface area contributed by atoms with E-state index in [2.05, 4.69) is 20.4 Å². The van der Waals surface area contributed by atoms with Crippen molar-refractivity contribution in [1.82, 2.24) is 9.88 Å². The number of carbonyl (C=O) groups is 1. The second kappa shape index (κ2) is 11.2. The van der Waals surface area contributed by atoms with Gasteiger partial charge in [0, 0.05) is 28.1 Å². The number of halogens is 1. The number of thiazole rings is 1. The van der Waals surface area contributed by atoms with E-state index in [-0.39, 0.29) is 5.97 Å². The van der Waals surface area contributed by atoms with Crippen LogP contribution in [0.25, 0.3) is 11.3 Å². The lowest BCUT2D eigenvalue weighted by molar-refractivity contribution is 0.0452. The first-order chi connectivity index (χ1) is 15.7. The van der Waals surface area contributed by atoms with Gasteiger partial charge in [-0.3, -0.25) is 10.3 Å². The molecule has 1 aliphatic heterocycles. The molecule has 1 fully saturated rings. The second-order valence-electron chi connectivity index (χ2n) is 7.51. The summed E-state index contributed by atoms with van der Waals surface area (Å²) < 4.78 is 5.51. The summed E-state index contributed by atoms with van der Waals surface area (Å²) in [5.41, 5.74) is 5.77. The van der Waals surface area contributed by atoms with E-state index in [0.717, 1.165) is 30.9 Å². The number of hydrogen-bond acceptors (Lipinski definition) is 7. The normalized spacial score (nSPS) is 14.5. The predicted octanol–water partition coefficient (Wildman–Crippen LogP) is 5.55. The highest BCUT2D eigenvalue weighted by atomic mass is 35.5. The molecular formula is C24H25ClN4O2S. The van der Waals surface area contributed by atoms with Gasteiger partial charge in [-0.2, -0.15) is 5.10 Å². The molecule has 0 radical (unpaired) electrons. The highest BCUT2D eigenvalue weighted by molar-refractivity contribution is 7.14. The van der Waals surface area contributed by atoms with Crippen LogP contribution in [0.15, 0.2) is 59.0 Å². The number of hydrogen-bond donors (Lipinski definition) is 1. The van der Waals surface area contributed by atoms with E-state index in [0.29, 0.717) is 27.9 Å². The molecule has 1 N–H and O–H groups in total. The van der Waals surface area contributed by atoms with Crippen molar-refractivity contribution in [3.63, 3.8) is 0 Å². The maximum atomic E-state index is 12.6. The topological polar surface area (TPSA) is 66.8 Å². The van der Waals surface area contributed by atoms with Crippen molar-refractivity contribution in [3.05, 3.63) is 70.1 Å². The number of anilines is 1. The van der Waals surface area contributed by atoms with Crippen molar-refractivity contribution in [3.8, 4) is 11.3 Å². The number of esters is 1. The van der Waals surface area contributed by atoms with Crippen LogP contribution in [0.3, 0.4) is 0 Å². The number of benzene rings is 2. The molecule has 2 heterocycles. The van der Waals surface area contributed by atoms with Crippen LogP contribution in [0.1, 0.15) is 35.2 Å². The van der Waals surface area contributed by atoms with Gasteiger partial charge >= 0.3 is 5.97 Å². The molecule has 0 saturated carbocycles. The van der Waals surface area contributed by atoms with Crippen LogP contribution in [0.5, 0.6) is 0 Å². The molecule has 0 bridgehead atoms. The molecule has 1 aliphatic rings. The average Bonchev–Trinajstić information content (AvgIpc) is 3.29. The Kier molecular flexibility index (Phi) is 7.87. The number of hydrazone groups is 1. The molecule has 8 heteroatoms. The lowest BCUT2D eigenvalue weighted by Gasteiger charge is -2.25. The summed E-state index contributed by atoms with van der Waals surface area (Å²) in [6.07, 6.45) is 5.34. The lowest BCUT2D eigenvalue weighted by atomic mass is 10.1. The highest BCUT2D eigenvalue weighted by Crippen LogP contribution is 2.30. The maximum absolute atomic E-state index is 12.6. The molecule has 1 saturated heterocycles. The lowest BCUT2D eigenvalue weighted by Crippen LogP contribution is -2.33. The number of nitrogens with zero attached hydrogens (tertiary/aromatic N) is 3. The number of piperidine rings is 1. The third-order valence-electron chi connectivity index (χ3n) is 5.29. The first-order valence-corrected chi connectivity index (χ1v) is 11.9. The van der Waals surface area contributed by atoms with Gasteiger partial charge in [-0.15, -0.1) is 11.3 Å². The summed E-state index contributed by atoms with van der Waals surface area (Å²) in [5.74, 6) is -0.334. The van der Waals surface area contributed by atoms with E-state index in [1.165, 1.54) is 30.6 Å². The van der Waals surface area contributed by atoms with Crippen LogP contribution in [0, 0.1) is 0 Å². The zero-order chi connectivity index (χ0) is 22.2. The fourth-order valence-corrected chi connectivity index (χ4v) is 4.49. The Balaban J connectivity index is 1.34. The summed E-state index contributed by atoms with van der Waals surface area (Å²) >= 11 is 7.68. The number of rotatable bonds is 8. The average molecular weight is 469 g/mol. The molecule has 0 atom stereocenters. The number of carbonyl (C=O) groups excluding carboxylic acids is 1. The van der Waals surface area contributed by atoms with Crippen molar-refractivity contribution >= 4 is 40.3 Å². The first-order valence-electron chi connectivity index (χ1n) is 10.7. The van der Waals surface area contributed by atoms with Crippen LogP contribution in [-0.4, -0.2) is 48.3 Å². The van der Waals surface area contributed by atoms with Gasteiger partial charge in [0.05, 0.1) is 17.5 Å². The van der Waals surface area contributed by atoms with Crippen LogP contribution >= 0.6 is 22.9 Å². The standard InChI is InChI=1S/C24H25ClN4O2S/c25-21-11-5-4-10-20(21)22-17-32-24(27-22)28-26-16-18-8-2-3-9-19(18)23(30)31-15-14-29-12-6-1-7-13-29/h2-5,8-11,16-17H,1,6-7,12-15H2,(H,27,28)/b26-16+. The van der Waals surface area contributed by atoms with E-state index >= 15 is 0 Å². The monoisotopic (exact) mass is 468 g/mol. The van der Waals surface area contributed by atoms with Crippen LogP contribution < -0.4 is 5.43 Å². The van der Waals surface area contributed by atoms with Gasteiger partial charge in [0.15, 0.2) is 0 Å². The molecule has 0 amide bonds. The quantitative estimate of drug-likeness (QED) is 0.266. The van der Waals surface area contributed by atoms with E-state index in [1.54, 1.807) is 12.3 Å². The summed E-state index contributed by atoms with van der Waals surface area (Å²) in [4.78, 5) is 19.5. The Labute approximate surface area is 196 Å². The minimum Gasteiger partial charge on any atom is -0.461 e. The van der Waals surface area contributed by atoms with E-state index in [9.17, 15) is 4.79 Å². The molecular weight excluding hydrogens is 444 g/mol. The van der Waals surface area contributed by atoms with Crippen molar-refractivity contribution in [2.24, 2.45) is 5.10 Å². The third-order valence-corrected chi connectivity index (χ3v) is 6.36. The molecule has 6 nitrogen and oxygen atoms in total. The Hall–Kier alpha value is -2.74. The van der Waals surface area contributed by atoms with Crippen molar-refractivity contribution in [2.45, 2.75) is 19.3 Å². The van der Waals surface area contributed by atoms with Gasteiger partial charge in [0.25, 0.3) is 0 Å². The summed E-state index contributed by atoms with van der Waals surface area (Å²) in [7, 11) is 0. The number of ether oxygens (including phenoxy) is 1. The minimum absolute atomic E-state index is 0.334. The van der Waals surface area contributed by atoms with Crippen LogP contribution in [0.4, 0.5) is 5.13 Å². The van der Waals surface area contributed by atoms with Crippen LogP contribution in [0.2, 0.25) is 5.02 Å². The summed E-state index contributed by atoms with van der Waals surface area (Å²) in [6, 6.07) is 14.9. The molecule has 166 valence electrons. The fraction of sp³-hybridized carbons (Fsp3) is 0.292. The van der Waals surface area contributed by atoms with E-state index < -0.39 is 0 Å². The number of likely N-dealkylation sites (tertiary alicyclic amines) is 1. The summed E-state index contributed by atoms with van der Waals surface area (Å²) in [5, 5.41) is 7.48. The first kappa shape index (κ1) is 22.5. The second-order valence-corrected chi connectivity index (χ2v) is 8.78. The van der Waals surface area contributed by atoms with Gasteiger partial charge in [0.2, 0.25) is 5.13 Å². The Morgan fingerprint density at radius 1 is 1.16 bits per heavy atom. The zero-order valence-electron chi connectivity index (χ0n) is 17.7. The van der Waals surface area contributed by atoms with Gasteiger partial charge in [-0.1, -0.05) is 54.4 Å².